The Balaban J connectivity index is 2.02. The van der Waals surface area contributed by atoms with Crippen molar-refractivity contribution in [2.45, 2.75) is 32.9 Å². The predicted molar refractivity (Wildman–Crippen MR) is 83.2 cm³/mol. The van der Waals surface area contributed by atoms with Crippen molar-refractivity contribution >= 4 is 27.3 Å². The fourth-order valence-corrected chi connectivity index (χ4v) is 3.40. The maximum absolute atomic E-state index is 3.63. The highest BCUT2D eigenvalue weighted by Crippen LogP contribution is 2.28. The zero-order chi connectivity index (χ0) is 13.1. The first-order valence-corrected chi connectivity index (χ1v) is 7.75. The molecule has 0 saturated heterocycles. The third-order valence-corrected chi connectivity index (χ3v) is 4.90. The molecule has 1 aromatic carbocycles. The molecule has 2 aromatic rings. The number of rotatable bonds is 4. The van der Waals surface area contributed by atoms with E-state index < -0.39 is 0 Å². The van der Waals surface area contributed by atoms with E-state index in [0.717, 1.165) is 0 Å². The lowest BCUT2D eigenvalue weighted by Gasteiger charge is -2.19. The molecule has 0 aliphatic heterocycles. The molecule has 18 heavy (non-hydrogen) atoms. The second kappa shape index (κ2) is 6.00. The van der Waals surface area contributed by atoms with Crippen molar-refractivity contribution in [1.82, 2.24) is 5.32 Å². The summed E-state index contributed by atoms with van der Waals surface area (Å²) in [7, 11) is 0. The van der Waals surface area contributed by atoms with E-state index in [2.05, 4.69) is 78.4 Å². The van der Waals surface area contributed by atoms with E-state index >= 15 is 0 Å². The number of hydrogen-bond donors (Lipinski definition) is 1. The van der Waals surface area contributed by atoms with Crippen LogP contribution >= 0.6 is 27.3 Å². The van der Waals surface area contributed by atoms with Crippen LogP contribution in [0.1, 0.15) is 41.9 Å². The molecule has 1 N–H and O–H groups in total. The molecule has 0 bridgehead atoms. The summed E-state index contributed by atoms with van der Waals surface area (Å²) in [5, 5.41) is 3.63. The number of benzene rings is 1. The first kappa shape index (κ1) is 13.8. The van der Waals surface area contributed by atoms with Gasteiger partial charge in [0.2, 0.25) is 0 Å². The highest BCUT2D eigenvalue weighted by molar-refractivity contribution is 9.11. The Morgan fingerprint density at radius 2 is 1.67 bits per heavy atom. The van der Waals surface area contributed by atoms with Crippen LogP contribution in [-0.2, 0) is 0 Å². The molecule has 0 saturated carbocycles. The minimum Gasteiger partial charge on any atom is -0.303 e. The third-order valence-electron chi connectivity index (χ3n) is 3.10. The number of halogens is 1. The fraction of sp³-hybridized carbons (Fsp3) is 0.333. The molecule has 1 unspecified atom stereocenters. The summed E-state index contributed by atoms with van der Waals surface area (Å²) < 4.78 is 1.19. The summed E-state index contributed by atoms with van der Waals surface area (Å²) >= 11 is 5.30. The SMILES string of the molecule is Cc1ccc([C@@H](C)NC(C)c2ccc(Br)s2)cc1. The van der Waals surface area contributed by atoms with Gasteiger partial charge in [0.25, 0.3) is 0 Å². The average molecular weight is 324 g/mol. The van der Waals surface area contributed by atoms with E-state index in [0.29, 0.717) is 12.1 Å². The minimum atomic E-state index is 0.362. The van der Waals surface area contributed by atoms with Crippen molar-refractivity contribution in [3.63, 3.8) is 0 Å². The van der Waals surface area contributed by atoms with Crippen LogP contribution < -0.4 is 5.32 Å². The van der Waals surface area contributed by atoms with E-state index in [4.69, 9.17) is 0 Å². The number of nitrogens with one attached hydrogen (secondary N) is 1. The molecule has 0 amide bonds. The summed E-state index contributed by atoms with van der Waals surface area (Å²) in [6, 6.07) is 13.7. The largest absolute Gasteiger partial charge is 0.303 e. The second-order valence-electron chi connectivity index (χ2n) is 4.66. The van der Waals surface area contributed by atoms with Gasteiger partial charge in [0.1, 0.15) is 0 Å². The zero-order valence-corrected chi connectivity index (χ0v) is 13.3. The van der Waals surface area contributed by atoms with Crippen LogP contribution in [0.3, 0.4) is 0 Å². The van der Waals surface area contributed by atoms with Gasteiger partial charge in [0.15, 0.2) is 0 Å². The Kier molecular flexibility index (Phi) is 4.60. The van der Waals surface area contributed by atoms with Crippen molar-refractivity contribution in [2.24, 2.45) is 0 Å². The molecule has 0 aliphatic carbocycles. The molecule has 96 valence electrons. The molecule has 0 spiro atoms. The molecule has 0 fully saturated rings. The molecule has 1 nitrogen and oxygen atoms in total. The molecule has 0 aliphatic rings. The monoisotopic (exact) mass is 323 g/mol. The Bertz CT molecular complexity index is 503. The highest BCUT2D eigenvalue weighted by atomic mass is 79.9. The van der Waals surface area contributed by atoms with Gasteiger partial charge in [-0.3, -0.25) is 0 Å². The molecule has 1 heterocycles. The summed E-state index contributed by atoms with van der Waals surface area (Å²) in [5.41, 5.74) is 2.64. The van der Waals surface area contributed by atoms with Crippen molar-refractivity contribution in [3.8, 4) is 0 Å². The van der Waals surface area contributed by atoms with Gasteiger partial charge in [-0.15, -0.1) is 11.3 Å². The third kappa shape index (κ3) is 3.44. The van der Waals surface area contributed by atoms with Crippen LogP contribution in [0, 0.1) is 6.92 Å². The summed E-state index contributed by atoms with van der Waals surface area (Å²) in [6.07, 6.45) is 0. The predicted octanol–water partition coefficient (Wildman–Crippen LogP) is 5.23. The van der Waals surface area contributed by atoms with Gasteiger partial charge in [-0.25, -0.2) is 0 Å². The fourth-order valence-electron chi connectivity index (χ4n) is 1.97. The first-order chi connectivity index (χ1) is 8.56. The van der Waals surface area contributed by atoms with Crippen molar-refractivity contribution in [3.05, 3.63) is 56.2 Å². The van der Waals surface area contributed by atoms with E-state index in [1.54, 1.807) is 11.3 Å². The lowest BCUT2D eigenvalue weighted by atomic mass is 10.1. The molecule has 0 radical (unpaired) electrons. The van der Waals surface area contributed by atoms with Gasteiger partial charge in [-0.2, -0.15) is 0 Å². The van der Waals surface area contributed by atoms with Crippen LogP contribution in [0.15, 0.2) is 40.2 Å². The average Bonchev–Trinajstić information content (AvgIpc) is 2.76. The van der Waals surface area contributed by atoms with Gasteiger partial charge in [0, 0.05) is 17.0 Å². The molecular weight excluding hydrogens is 306 g/mol. The van der Waals surface area contributed by atoms with Crippen molar-refractivity contribution in [2.75, 3.05) is 0 Å². The van der Waals surface area contributed by atoms with Gasteiger partial charge in [-0.1, -0.05) is 29.8 Å². The second-order valence-corrected chi connectivity index (χ2v) is 7.16. The Hall–Kier alpha value is -0.640. The highest BCUT2D eigenvalue weighted by Gasteiger charge is 2.12. The van der Waals surface area contributed by atoms with Gasteiger partial charge < -0.3 is 5.32 Å². The molecule has 2 rings (SSSR count). The Morgan fingerprint density at radius 1 is 1.00 bits per heavy atom. The standard InChI is InChI=1S/C15H18BrNS/c1-10-4-6-13(7-5-10)11(2)17-12(3)14-8-9-15(16)18-14/h4-9,11-12,17H,1-3H3/t11-,12?/m1/s1. The van der Waals surface area contributed by atoms with E-state index in [1.807, 2.05) is 0 Å². The molecular formula is C15H18BrNS. The zero-order valence-electron chi connectivity index (χ0n) is 10.9. The van der Waals surface area contributed by atoms with Crippen LogP contribution in [0.25, 0.3) is 0 Å². The van der Waals surface area contributed by atoms with E-state index in [-0.39, 0.29) is 0 Å². The number of thiophene rings is 1. The molecule has 2 atom stereocenters. The van der Waals surface area contributed by atoms with E-state index in [1.165, 1.54) is 19.8 Å². The number of hydrogen-bond acceptors (Lipinski definition) is 2. The van der Waals surface area contributed by atoms with Crippen LogP contribution in [0.5, 0.6) is 0 Å². The maximum Gasteiger partial charge on any atom is 0.0701 e. The van der Waals surface area contributed by atoms with Gasteiger partial charge in [0.05, 0.1) is 3.79 Å². The van der Waals surface area contributed by atoms with Crippen molar-refractivity contribution in [1.29, 1.82) is 0 Å². The quantitative estimate of drug-likeness (QED) is 0.812. The normalized spacial score (nSPS) is 14.4. The van der Waals surface area contributed by atoms with Gasteiger partial charge >= 0.3 is 0 Å². The molecule has 3 heteroatoms. The molecule has 1 aromatic heterocycles. The van der Waals surface area contributed by atoms with Crippen LogP contribution in [-0.4, -0.2) is 0 Å². The Labute approximate surface area is 121 Å². The van der Waals surface area contributed by atoms with Crippen LogP contribution in [0.2, 0.25) is 0 Å². The number of aryl methyl sites for hydroxylation is 1. The first-order valence-electron chi connectivity index (χ1n) is 6.14. The lowest BCUT2D eigenvalue weighted by molar-refractivity contribution is 0.500. The summed E-state index contributed by atoms with van der Waals surface area (Å²) in [4.78, 5) is 1.36. The van der Waals surface area contributed by atoms with Crippen molar-refractivity contribution < 1.29 is 0 Å². The van der Waals surface area contributed by atoms with E-state index in [9.17, 15) is 0 Å². The summed E-state index contributed by atoms with van der Waals surface area (Å²) in [6.45, 7) is 6.54. The Morgan fingerprint density at radius 3 is 2.22 bits per heavy atom. The smallest absolute Gasteiger partial charge is 0.0701 e. The lowest BCUT2D eigenvalue weighted by Crippen LogP contribution is -2.21. The maximum atomic E-state index is 3.63. The topological polar surface area (TPSA) is 12.0 Å². The summed E-state index contributed by atoms with van der Waals surface area (Å²) in [5.74, 6) is 0. The van der Waals surface area contributed by atoms with Gasteiger partial charge in [-0.05, 0) is 54.4 Å². The minimum absolute atomic E-state index is 0.362. The van der Waals surface area contributed by atoms with Crippen LogP contribution in [0.4, 0.5) is 0 Å².